The van der Waals surface area contributed by atoms with Gasteiger partial charge in [0.2, 0.25) is 5.91 Å². The van der Waals surface area contributed by atoms with E-state index in [1.165, 1.54) is 0 Å². The number of likely N-dealkylation sites (tertiary alicyclic amines) is 1. The lowest BCUT2D eigenvalue weighted by Crippen LogP contribution is -2.45. The minimum Gasteiger partial charge on any atom is -0.355 e. The molecule has 1 fully saturated rings. The molecule has 0 aliphatic carbocycles. The number of amides is 3. The quantitative estimate of drug-likeness (QED) is 0.745. The van der Waals surface area contributed by atoms with Gasteiger partial charge < -0.3 is 15.5 Å². The number of halogens is 1. The first-order valence-corrected chi connectivity index (χ1v) is 9.94. The first kappa shape index (κ1) is 20.1. The lowest BCUT2D eigenvalue weighted by atomic mass is 10.1. The van der Waals surface area contributed by atoms with Crippen LogP contribution in [-0.2, 0) is 11.3 Å². The highest BCUT2D eigenvalue weighted by Crippen LogP contribution is 2.21. The van der Waals surface area contributed by atoms with Crippen molar-refractivity contribution in [3.8, 4) is 0 Å². The van der Waals surface area contributed by atoms with Crippen LogP contribution in [0.15, 0.2) is 53.0 Å². The summed E-state index contributed by atoms with van der Waals surface area (Å²) < 4.78 is 0.905. The Hall–Kier alpha value is -2.67. The molecule has 1 heterocycles. The SMILES string of the molecule is CNC(=O)c1ccc(CNC(=O)C2CCCN2C(=O)c2ccc(Br)cc2)cc1. The summed E-state index contributed by atoms with van der Waals surface area (Å²) >= 11 is 3.36. The van der Waals surface area contributed by atoms with Gasteiger partial charge in [-0.1, -0.05) is 28.1 Å². The Labute approximate surface area is 172 Å². The lowest BCUT2D eigenvalue weighted by molar-refractivity contribution is -0.125. The zero-order valence-corrected chi connectivity index (χ0v) is 17.2. The molecule has 0 bridgehead atoms. The van der Waals surface area contributed by atoms with Crippen LogP contribution < -0.4 is 10.6 Å². The molecule has 0 aromatic heterocycles. The average Bonchev–Trinajstić information content (AvgIpc) is 3.22. The van der Waals surface area contributed by atoms with Gasteiger partial charge in [-0.2, -0.15) is 0 Å². The summed E-state index contributed by atoms with van der Waals surface area (Å²) in [5.74, 6) is -0.429. The van der Waals surface area contributed by atoms with Crippen molar-refractivity contribution in [2.24, 2.45) is 0 Å². The molecule has 2 N–H and O–H groups in total. The molecular weight excluding hydrogens is 422 g/mol. The molecule has 0 saturated carbocycles. The highest BCUT2D eigenvalue weighted by molar-refractivity contribution is 9.10. The minimum atomic E-state index is -0.457. The highest BCUT2D eigenvalue weighted by Gasteiger charge is 2.34. The van der Waals surface area contributed by atoms with E-state index in [0.717, 1.165) is 16.5 Å². The van der Waals surface area contributed by atoms with E-state index in [2.05, 4.69) is 26.6 Å². The normalized spacial score (nSPS) is 15.9. The zero-order chi connectivity index (χ0) is 20.1. The second-order valence-electron chi connectivity index (χ2n) is 6.66. The number of nitrogens with zero attached hydrogens (tertiary/aromatic N) is 1. The van der Waals surface area contributed by atoms with Crippen LogP contribution in [-0.4, -0.2) is 42.3 Å². The van der Waals surface area contributed by atoms with E-state index in [9.17, 15) is 14.4 Å². The minimum absolute atomic E-state index is 0.125. The summed E-state index contributed by atoms with van der Waals surface area (Å²) in [5, 5.41) is 5.48. The summed E-state index contributed by atoms with van der Waals surface area (Å²) in [4.78, 5) is 38.7. The van der Waals surface area contributed by atoms with Crippen LogP contribution in [0.2, 0.25) is 0 Å². The molecule has 1 saturated heterocycles. The van der Waals surface area contributed by atoms with Crippen molar-refractivity contribution < 1.29 is 14.4 Å². The van der Waals surface area contributed by atoms with Crippen LogP contribution in [0, 0.1) is 0 Å². The van der Waals surface area contributed by atoms with Crippen molar-refractivity contribution in [2.75, 3.05) is 13.6 Å². The molecule has 0 spiro atoms. The number of carbonyl (C=O) groups excluding carboxylic acids is 3. The third-order valence-corrected chi connectivity index (χ3v) is 5.35. The van der Waals surface area contributed by atoms with E-state index >= 15 is 0 Å². The van der Waals surface area contributed by atoms with Crippen LogP contribution in [0.5, 0.6) is 0 Å². The van der Waals surface area contributed by atoms with Crippen molar-refractivity contribution in [3.63, 3.8) is 0 Å². The summed E-state index contributed by atoms with van der Waals surface area (Å²) in [6.07, 6.45) is 1.46. The van der Waals surface area contributed by atoms with Gasteiger partial charge in [0.25, 0.3) is 11.8 Å². The van der Waals surface area contributed by atoms with Crippen molar-refractivity contribution >= 4 is 33.7 Å². The highest BCUT2D eigenvalue weighted by atomic mass is 79.9. The van der Waals surface area contributed by atoms with Crippen LogP contribution >= 0.6 is 15.9 Å². The molecular formula is C21H22BrN3O3. The van der Waals surface area contributed by atoms with Crippen LogP contribution in [0.1, 0.15) is 39.1 Å². The molecule has 1 unspecified atom stereocenters. The van der Waals surface area contributed by atoms with Crippen molar-refractivity contribution in [3.05, 3.63) is 69.7 Å². The van der Waals surface area contributed by atoms with E-state index < -0.39 is 6.04 Å². The van der Waals surface area contributed by atoms with E-state index in [4.69, 9.17) is 0 Å². The summed E-state index contributed by atoms with van der Waals surface area (Å²) in [5.41, 5.74) is 2.04. The predicted octanol–water partition coefficient (Wildman–Crippen LogP) is 2.73. The second kappa shape index (κ2) is 9.01. The van der Waals surface area contributed by atoms with Gasteiger partial charge in [-0.3, -0.25) is 14.4 Å². The van der Waals surface area contributed by atoms with E-state index in [-0.39, 0.29) is 17.7 Å². The maximum absolute atomic E-state index is 12.8. The predicted molar refractivity (Wildman–Crippen MR) is 110 cm³/mol. The number of nitrogens with one attached hydrogen (secondary N) is 2. The maximum Gasteiger partial charge on any atom is 0.254 e. The fourth-order valence-corrected chi connectivity index (χ4v) is 3.53. The fourth-order valence-electron chi connectivity index (χ4n) is 3.27. The number of hydrogen-bond donors (Lipinski definition) is 2. The second-order valence-corrected chi connectivity index (χ2v) is 7.57. The van der Waals surface area contributed by atoms with Crippen molar-refractivity contribution in [1.82, 2.24) is 15.5 Å². The van der Waals surface area contributed by atoms with Gasteiger partial charge >= 0.3 is 0 Å². The van der Waals surface area contributed by atoms with Gasteiger partial charge in [0.1, 0.15) is 6.04 Å². The monoisotopic (exact) mass is 443 g/mol. The average molecular weight is 444 g/mol. The summed E-state index contributed by atoms with van der Waals surface area (Å²) in [6, 6.07) is 13.8. The Balaban J connectivity index is 1.60. The van der Waals surface area contributed by atoms with Gasteiger partial charge in [-0.25, -0.2) is 0 Å². The fraction of sp³-hybridized carbons (Fsp3) is 0.286. The van der Waals surface area contributed by atoms with Crippen LogP contribution in [0.4, 0.5) is 0 Å². The van der Waals surface area contributed by atoms with Gasteiger partial charge in [0, 0.05) is 35.7 Å². The van der Waals surface area contributed by atoms with Crippen LogP contribution in [0.25, 0.3) is 0 Å². The van der Waals surface area contributed by atoms with E-state index in [1.54, 1.807) is 36.2 Å². The van der Waals surface area contributed by atoms with Crippen molar-refractivity contribution in [1.29, 1.82) is 0 Å². The standard InChI is InChI=1S/C21H22BrN3O3/c1-23-19(26)15-6-4-14(5-7-15)13-24-20(27)18-3-2-12-25(18)21(28)16-8-10-17(22)11-9-16/h4-11,18H,2-3,12-13H2,1H3,(H,23,26)(H,24,27). The largest absolute Gasteiger partial charge is 0.355 e. The number of benzene rings is 2. The van der Waals surface area contributed by atoms with E-state index in [1.807, 2.05) is 24.3 Å². The van der Waals surface area contributed by atoms with Crippen LogP contribution in [0.3, 0.4) is 0 Å². The Morgan fingerprint density at radius 1 is 1.04 bits per heavy atom. The molecule has 2 aromatic rings. The molecule has 28 heavy (non-hydrogen) atoms. The Morgan fingerprint density at radius 2 is 1.68 bits per heavy atom. The molecule has 1 aliphatic rings. The van der Waals surface area contributed by atoms with Gasteiger partial charge in [-0.05, 0) is 54.8 Å². The summed E-state index contributed by atoms with van der Waals surface area (Å²) in [6.45, 7) is 0.928. The molecule has 0 radical (unpaired) electrons. The van der Waals surface area contributed by atoms with Gasteiger partial charge in [0.15, 0.2) is 0 Å². The number of carbonyl (C=O) groups is 3. The third-order valence-electron chi connectivity index (χ3n) is 4.82. The molecule has 2 aromatic carbocycles. The van der Waals surface area contributed by atoms with Gasteiger partial charge in [-0.15, -0.1) is 0 Å². The molecule has 7 heteroatoms. The maximum atomic E-state index is 12.8. The number of hydrogen-bond acceptors (Lipinski definition) is 3. The molecule has 1 aliphatic heterocycles. The first-order chi connectivity index (χ1) is 13.5. The summed E-state index contributed by atoms with van der Waals surface area (Å²) in [7, 11) is 1.58. The smallest absolute Gasteiger partial charge is 0.254 e. The molecule has 3 amide bonds. The van der Waals surface area contributed by atoms with Crippen molar-refractivity contribution in [2.45, 2.75) is 25.4 Å². The topological polar surface area (TPSA) is 78.5 Å². The lowest BCUT2D eigenvalue weighted by Gasteiger charge is -2.24. The molecule has 3 rings (SSSR count). The molecule has 1 atom stereocenters. The molecule has 6 nitrogen and oxygen atoms in total. The zero-order valence-electron chi connectivity index (χ0n) is 15.6. The molecule has 146 valence electrons. The Kier molecular flexibility index (Phi) is 6.46. The van der Waals surface area contributed by atoms with E-state index in [0.29, 0.717) is 30.6 Å². The Morgan fingerprint density at radius 3 is 2.32 bits per heavy atom. The van der Waals surface area contributed by atoms with Gasteiger partial charge in [0.05, 0.1) is 0 Å². The Bertz CT molecular complexity index is 865. The third kappa shape index (κ3) is 4.59. The first-order valence-electron chi connectivity index (χ1n) is 9.15. The number of rotatable bonds is 5.